The van der Waals surface area contributed by atoms with Crippen LogP contribution in [-0.4, -0.2) is 30.1 Å². The van der Waals surface area contributed by atoms with Crippen LogP contribution in [-0.2, 0) is 0 Å². The maximum absolute atomic E-state index is 6.19. The molecule has 1 aliphatic heterocycles. The number of hydrogen-bond donors (Lipinski definition) is 1. The minimum absolute atomic E-state index is 0.403. The Morgan fingerprint density at radius 1 is 1.12 bits per heavy atom. The maximum atomic E-state index is 6.19. The molecular weight excluding hydrogens is 196 g/mol. The summed E-state index contributed by atoms with van der Waals surface area (Å²) in [6.07, 6.45) is 8.54. The fourth-order valence-electron chi connectivity index (χ4n) is 3.41. The minimum Gasteiger partial charge on any atom is -0.326 e. The topological polar surface area (TPSA) is 29.3 Å². The zero-order chi connectivity index (χ0) is 11.5. The van der Waals surface area contributed by atoms with Crippen molar-refractivity contribution in [1.29, 1.82) is 0 Å². The van der Waals surface area contributed by atoms with Gasteiger partial charge in [-0.2, -0.15) is 0 Å². The van der Waals surface area contributed by atoms with Gasteiger partial charge in [-0.25, -0.2) is 0 Å². The fourth-order valence-corrected chi connectivity index (χ4v) is 3.41. The highest BCUT2D eigenvalue weighted by Gasteiger charge is 2.30. The van der Waals surface area contributed by atoms with Crippen LogP contribution in [0.1, 0.15) is 52.4 Å². The largest absolute Gasteiger partial charge is 0.326 e. The van der Waals surface area contributed by atoms with Crippen molar-refractivity contribution < 1.29 is 0 Å². The predicted molar refractivity (Wildman–Crippen MR) is 69.4 cm³/mol. The SMILES string of the molecule is CC1CCN(C(C)C2CCCCC2)CC1N. The van der Waals surface area contributed by atoms with E-state index in [1.54, 1.807) is 0 Å². The highest BCUT2D eigenvalue weighted by atomic mass is 15.2. The Bertz CT molecular complexity index is 211. The summed E-state index contributed by atoms with van der Waals surface area (Å²) in [5, 5.41) is 0. The van der Waals surface area contributed by atoms with Crippen molar-refractivity contribution in [3.05, 3.63) is 0 Å². The van der Waals surface area contributed by atoms with Crippen LogP contribution in [0.25, 0.3) is 0 Å². The van der Waals surface area contributed by atoms with Gasteiger partial charge in [0.25, 0.3) is 0 Å². The Balaban J connectivity index is 1.86. The van der Waals surface area contributed by atoms with Crippen LogP contribution in [0.15, 0.2) is 0 Å². The molecule has 0 aromatic carbocycles. The fraction of sp³-hybridized carbons (Fsp3) is 1.00. The van der Waals surface area contributed by atoms with Crippen LogP contribution in [0.4, 0.5) is 0 Å². The lowest BCUT2D eigenvalue weighted by Gasteiger charge is -2.42. The molecule has 0 radical (unpaired) electrons. The van der Waals surface area contributed by atoms with Crippen LogP contribution >= 0.6 is 0 Å². The molecular formula is C14H28N2. The molecule has 3 unspecified atom stereocenters. The lowest BCUT2D eigenvalue weighted by atomic mass is 9.82. The Morgan fingerprint density at radius 3 is 2.44 bits per heavy atom. The summed E-state index contributed by atoms with van der Waals surface area (Å²) < 4.78 is 0. The van der Waals surface area contributed by atoms with Gasteiger partial charge in [0.2, 0.25) is 0 Å². The van der Waals surface area contributed by atoms with Gasteiger partial charge >= 0.3 is 0 Å². The number of nitrogens with two attached hydrogens (primary N) is 1. The van der Waals surface area contributed by atoms with Crippen LogP contribution in [0.3, 0.4) is 0 Å². The monoisotopic (exact) mass is 224 g/mol. The molecule has 2 aliphatic rings. The van der Waals surface area contributed by atoms with Gasteiger partial charge in [0.1, 0.15) is 0 Å². The zero-order valence-corrected chi connectivity index (χ0v) is 11.0. The van der Waals surface area contributed by atoms with E-state index in [-0.39, 0.29) is 0 Å². The zero-order valence-electron chi connectivity index (χ0n) is 11.0. The van der Waals surface area contributed by atoms with E-state index >= 15 is 0 Å². The molecule has 2 nitrogen and oxygen atoms in total. The van der Waals surface area contributed by atoms with Crippen molar-refractivity contribution in [1.82, 2.24) is 4.90 Å². The first-order valence-electron chi connectivity index (χ1n) is 7.18. The Labute approximate surface area is 101 Å². The highest BCUT2D eigenvalue weighted by molar-refractivity contribution is 4.86. The van der Waals surface area contributed by atoms with Gasteiger partial charge in [0, 0.05) is 18.6 Å². The van der Waals surface area contributed by atoms with E-state index in [9.17, 15) is 0 Å². The van der Waals surface area contributed by atoms with Gasteiger partial charge in [0.15, 0.2) is 0 Å². The minimum atomic E-state index is 0.403. The van der Waals surface area contributed by atoms with Crippen molar-refractivity contribution in [2.24, 2.45) is 17.6 Å². The van der Waals surface area contributed by atoms with Gasteiger partial charge in [-0.15, -0.1) is 0 Å². The number of piperidine rings is 1. The second-order valence-electron chi connectivity index (χ2n) is 6.06. The van der Waals surface area contributed by atoms with Gasteiger partial charge in [0.05, 0.1) is 0 Å². The van der Waals surface area contributed by atoms with E-state index < -0.39 is 0 Å². The average Bonchev–Trinajstić information content (AvgIpc) is 2.33. The first-order valence-corrected chi connectivity index (χ1v) is 7.18. The van der Waals surface area contributed by atoms with Crippen molar-refractivity contribution in [3.63, 3.8) is 0 Å². The molecule has 16 heavy (non-hydrogen) atoms. The Kier molecular flexibility index (Phi) is 4.26. The normalized spacial score (nSPS) is 36.2. The molecule has 3 atom stereocenters. The summed E-state index contributed by atoms with van der Waals surface area (Å²) in [6.45, 7) is 7.12. The van der Waals surface area contributed by atoms with E-state index in [2.05, 4.69) is 18.7 Å². The summed E-state index contributed by atoms with van der Waals surface area (Å²) in [5.74, 6) is 1.66. The molecule has 1 saturated carbocycles. The summed E-state index contributed by atoms with van der Waals surface area (Å²) in [6, 6.07) is 1.17. The van der Waals surface area contributed by atoms with E-state index in [1.807, 2.05) is 0 Å². The number of hydrogen-bond acceptors (Lipinski definition) is 2. The van der Waals surface area contributed by atoms with Crippen LogP contribution in [0.2, 0.25) is 0 Å². The molecule has 1 heterocycles. The molecule has 0 bridgehead atoms. The third kappa shape index (κ3) is 2.78. The number of likely N-dealkylation sites (tertiary alicyclic amines) is 1. The third-order valence-electron chi connectivity index (χ3n) is 4.96. The molecule has 1 aliphatic carbocycles. The van der Waals surface area contributed by atoms with Gasteiger partial charge in [-0.05, 0) is 44.6 Å². The molecule has 0 aromatic rings. The average molecular weight is 224 g/mol. The van der Waals surface area contributed by atoms with Gasteiger partial charge < -0.3 is 5.73 Å². The molecule has 2 heteroatoms. The molecule has 2 fully saturated rings. The molecule has 0 aromatic heterocycles. The second-order valence-corrected chi connectivity index (χ2v) is 6.06. The van der Waals surface area contributed by atoms with Gasteiger partial charge in [-0.1, -0.05) is 26.2 Å². The number of rotatable bonds is 2. The summed E-state index contributed by atoms with van der Waals surface area (Å²) in [7, 11) is 0. The quantitative estimate of drug-likeness (QED) is 0.781. The molecule has 0 spiro atoms. The molecule has 2 N–H and O–H groups in total. The second kappa shape index (κ2) is 5.50. The van der Waals surface area contributed by atoms with E-state index in [1.165, 1.54) is 45.1 Å². The molecule has 1 saturated heterocycles. The van der Waals surface area contributed by atoms with Crippen LogP contribution in [0.5, 0.6) is 0 Å². The van der Waals surface area contributed by atoms with E-state index in [4.69, 9.17) is 5.73 Å². The summed E-state index contributed by atoms with van der Waals surface area (Å²) >= 11 is 0. The smallest absolute Gasteiger partial charge is 0.0194 e. The summed E-state index contributed by atoms with van der Waals surface area (Å²) in [4.78, 5) is 2.65. The maximum Gasteiger partial charge on any atom is 0.0194 e. The Morgan fingerprint density at radius 2 is 1.81 bits per heavy atom. The first kappa shape index (κ1) is 12.4. The van der Waals surface area contributed by atoms with Crippen molar-refractivity contribution >= 4 is 0 Å². The van der Waals surface area contributed by atoms with Gasteiger partial charge in [-0.3, -0.25) is 4.90 Å². The molecule has 94 valence electrons. The van der Waals surface area contributed by atoms with E-state index in [0.717, 1.165) is 24.4 Å². The molecule has 0 amide bonds. The first-order chi connectivity index (χ1) is 7.68. The molecule has 2 rings (SSSR count). The van der Waals surface area contributed by atoms with E-state index in [0.29, 0.717) is 6.04 Å². The van der Waals surface area contributed by atoms with Crippen LogP contribution in [0, 0.1) is 11.8 Å². The summed E-state index contributed by atoms with van der Waals surface area (Å²) in [5.41, 5.74) is 6.19. The lowest BCUT2D eigenvalue weighted by molar-refractivity contribution is 0.0813. The van der Waals surface area contributed by atoms with Crippen LogP contribution < -0.4 is 5.73 Å². The number of nitrogens with zero attached hydrogens (tertiary/aromatic N) is 1. The lowest BCUT2D eigenvalue weighted by Crippen LogP contribution is -2.52. The van der Waals surface area contributed by atoms with Crippen molar-refractivity contribution in [3.8, 4) is 0 Å². The standard InChI is InChI=1S/C14H28N2/c1-11-8-9-16(10-14(11)15)12(2)13-6-4-3-5-7-13/h11-14H,3-10,15H2,1-2H3. The van der Waals surface area contributed by atoms with Crippen molar-refractivity contribution in [2.45, 2.75) is 64.5 Å². The third-order valence-corrected chi connectivity index (χ3v) is 4.96. The predicted octanol–water partition coefficient (Wildman–Crippen LogP) is 2.62. The Hall–Kier alpha value is -0.0800. The highest BCUT2D eigenvalue weighted by Crippen LogP contribution is 2.30. The van der Waals surface area contributed by atoms with Crippen molar-refractivity contribution in [2.75, 3.05) is 13.1 Å².